The van der Waals surface area contributed by atoms with Gasteiger partial charge in [-0.25, -0.2) is 23.7 Å². The number of aromatic nitrogens is 4. The van der Waals surface area contributed by atoms with Crippen LogP contribution in [0.4, 0.5) is 5.95 Å². The molecule has 1 aliphatic heterocycles. The molecule has 174 valence electrons. The van der Waals surface area contributed by atoms with Crippen LogP contribution in [0, 0.1) is 0 Å². The third-order valence-electron chi connectivity index (χ3n) is 3.76. The first-order chi connectivity index (χ1) is 14.2. The number of phosphoric acid groups is 3. The van der Waals surface area contributed by atoms with Crippen LogP contribution in [0.3, 0.4) is 0 Å². The third kappa shape index (κ3) is 5.91. The maximum absolute atomic E-state index is 11.8. The summed E-state index contributed by atoms with van der Waals surface area (Å²) in [7, 11) is -16.7. The van der Waals surface area contributed by atoms with Gasteiger partial charge < -0.3 is 40.3 Å². The molecule has 3 rings (SSSR count). The van der Waals surface area contributed by atoms with E-state index in [4.69, 9.17) is 25.2 Å². The molecule has 3 heterocycles. The van der Waals surface area contributed by atoms with Crippen molar-refractivity contribution in [3.8, 4) is 0 Å². The van der Waals surface area contributed by atoms with Crippen LogP contribution in [-0.4, -0.2) is 74.2 Å². The molecule has 0 radical (unpaired) electrons. The minimum Gasteiger partial charge on any atom is -0.387 e. The Morgan fingerprint density at radius 1 is 1.06 bits per heavy atom. The minimum absolute atomic E-state index is 0.105. The molecule has 2 aromatic rings. The average molecular weight is 507 g/mol. The molecule has 3 unspecified atom stereocenters. The van der Waals surface area contributed by atoms with Gasteiger partial charge in [-0.3, -0.25) is 9.09 Å². The number of phosphoric ester groups is 1. The van der Waals surface area contributed by atoms with Crippen LogP contribution in [-0.2, 0) is 31.6 Å². The molecular formula is C10H16N5O13P3. The van der Waals surface area contributed by atoms with Crippen LogP contribution in [0.1, 0.15) is 6.23 Å². The van der Waals surface area contributed by atoms with Crippen LogP contribution in [0.5, 0.6) is 0 Å². The number of aliphatic hydroxyl groups excluding tert-OH is 2. The number of anilines is 1. The van der Waals surface area contributed by atoms with Gasteiger partial charge in [-0.2, -0.15) is 13.6 Å². The fourth-order valence-electron chi connectivity index (χ4n) is 2.59. The first kappa shape index (κ1) is 24.3. The van der Waals surface area contributed by atoms with Gasteiger partial charge >= 0.3 is 23.5 Å². The number of nitrogen functional groups attached to an aromatic ring is 1. The van der Waals surface area contributed by atoms with Crippen molar-refractivity contribution in [1.82, 2.24) is 19.5 Å². The molecule has 0 aromatic carbocycles. The summed E-state index contributed by atoms with van der Waals surface area (Å²) in [5, 5.41) is 20.4. The van der Waals surface area contributed by atoms with Gasteiger partial charge in [-0.1, -0.05) is 0 Å². The summed E-state index contributed by atoms with van der Waals surface area (Å²) in [5.41, 5.74) is 5.95. The maximum Gasteiger partial charge on any atom is 0.490 e. The second-order valence-corrected chi connectivity index (χ2v) is 10.4. The number of ether oxygens (including phenoxy) is 1. The van der Waals surface area contributed by atoms with Gasteiger partial charge in [-0.15, -0.1) is 0 Å². The lowest BCUT2D eigenvalue weighted by molar-refractivity contribution is -0.0503. The van der Waals surface area contributed by atoms with Crippen LogP contribution in [0.25, 0.3) is 11.2 Å². The van der Waals surface area contributed by atoms with Gasteiger partial charge in [-0.05, 0) is 0 Å². The molecule has 0 saturated carbocycles. The monoisotopic (exact) mass is 507 g/mol. The summed E-state index contributed by atoms with van der Waals surface area (Å²) in [6.45, 7) is -0.956. The predicted molar refractivity (Wildman–Crippen MR) is 95.5 cm³/mol. The fourth-order valence-corrected chi connectivity index (χ4v) is 5.62. The first-order valence-electron chi connectivity index (χ1n) is 7.92. The number of hydrogen-bond acceptors (Lipinski definition) is 13. The van der Waals surface area contributed by atoms with Crippen molar-refractivity contribution in [1.29, 1.82) is 0 Å². The molecule has 0 spiro atoms. The van der Waals surface area contributed by atoms with Crippen molar-refractivity contribution in [2.45, 2.75) is 24.5 Å². The van der Waals surface area contributed by atoms with Crippen molar-refractivity contribution in [3.05, 3.63) is 12.5 Å². The van der Waals surface area contributed by atoms with E-state index in [9.17, 15) is 28.8 Å². The molecule has 0 aliphatic carbocycles. The highest BCUT2D eigenvalue weighted by atomic mass is 31.3. The van der Waals surface area contributed by atoms with E-state index in [-0.39, 0.29) is 17.1 Å². The highest BCUT2D eigenvalue weighted by Gasteiger charge is 2.46. The zero-order valence-electron chi connectivity index (χ0n) is 14.9. The highest BCUT2D eigenvalue weighted by Crippen LogP contribution is 2.66. The van der Waals surface area contributed by atoms with E-state index in [0.717, 1.165) is 0 Å². The molecular weight excluding hydrogens is 491 g/mol. The number of imidazole rings is 1. The average Bonchev–Trinajstić information content (AvgIpc) is 3.11. The summed E-state index contributed by atoms with van der Waals surface area (Å²) in [5.74, 6) is -0.105. The summed E-state index contributed by atoms with van der Waals surface area (Å²) in [6, 6.07) is 0. The van der Waals surface area contributed by atoms with E-state index in [1.807, 2.05) is 0 Å². The van der Waals surface area contributed by atoms with E-state index < -0.39 is 54.6 Å². The van der Waals surface area contributed by atoms with Crippen LogP contribution in [0.2, 0.25) is 0 Å². The van der Waals surface area contributed by atoms with E-state index in [1.165, 1.54) is 17.1 Å². The van der Waals surface area contributed by atoms with Gasteiger partial charge in [0.2, 0.25) is 5.95 Å². The SMILES string of the molecule is Nc1ncc2ncn([C@@H]3O[C@H](COP(=O)(O)OP(=O)(O)OP(=O)(O)O)[C@H](O)C3O)c2n1. The number of hydrogen-bond donors (Lipinski definition) is 7. The molecule has 2 aromatic heterocycles. The van der Waals surface area contributed by atoms with Crippen molar-refractivity contribution in [2.24, 2.45) is 0 Å². The lowest BCUT2D eigenvalue weighted by Gasteiger charge is -2.19. The Morgan fingerprint density at radius 3 is 2.39 bits per heavy atom. The van der Waals surface area contributed by atoms with Crippen LogP contribution >= 0.6 is 23.5 Å². The van der Waals surface area contributed by atoms with Gasteiger partial charge in [0, 0.05) is 0 Å². The predicted octanol–water partition coefficient (Wildman–Crippen LogP) is -1.63. The summed E-state index contributed by atoms with van der Waals surface area (Å²) < 4.78 is 51.9. The second kappa shape index (κ2) is 8.53. The lowest BCUT2D eigenvalue weighted by atomic mass is 10.1. The smallest absolute Gasteiger partial charge is 0.387 e. The van der Waals surface area contributed by atoms with Crippen molar-refractivity contribution in [3.63, 3.8) is 0 Å². The van der Waals surface area contributed by atoms with E-state index in [2.05, 4.69) is 28.1 Å². The lowest BCUT2D eigenvalue weighted by Crippen LogP contribution is -2.33. The van der Waals surface area contributed by atoms with Gasteiger partial charge in [0.15, 0.2) is 11.9 Å². The molecule has 1 saturated heterocycles. The number of nitrogens with zero attached hydrogens (tertiary/aromatic N) is 4. The van der Waals surface area contributed by atoms with Crippen molar-refractivity contribution in [2.75, 3.05) is 12.3 Å². The molecule has 1 fully saturated rings. The van der Waals surface area contributed by atoms with Crippen molar-refractivity contribution < 1.29 is 61.4 Å². The van der Waals surface area contributed by atoms with Crippen LogP contribution in [0.15, 0.2) is 12.5 Å². The largest absolute Gasteiger partial charge is 0.490 e. The number of fused-ring (bicyclic) bond motifs is 1. The van der Waals surface area contributed by atoms with E-state index in [1.54, 1.807) is 0 Å². The summed E-state index contributed by atoms with van der Waals surface area (Å²) >= 11 is 0. The molecule has 1 aliphatic rings. The highest BCUT2D eigenvalue weighted by molar-refractivity contribution is 7.66. The molecule has 18 nitrogen and oxygen atoms in total. The Kier molecular flexibility index (Phi) is 6.68. The Balaban J connectivity index is 1.69. The van der Waals surface area contributed by atoms with Gasteiger partial charge in [0.05, 0.1) is 19.1 Å². The normalized spacial score (nSPS) is 28.5. The summed E-state index contributed by atoms with van der Waals surface area (Å²) in [6.07, 6.45) is -3.49. The van der Waals surface area contributed by atoms with Crippen LogP contribution < -0.4 is 5.73 Å². The Hall–Kier alpha value is -1.36. The van der Waals surface area contributed by atoms with E-state index >= 15 is 0 Å². The number of aliphatic hydroxyl groups is 2. The Morgan fingerprint density at radius 2 is 1.74 bits per heavy atom. The molecule has 21 heteroatoms. The summed E-state index contributed by atoms with van der Waals surface area (Å²) in [4.78, 5) is 47.2. The molecule has 6 atom stereocenters. The van der Waals surface area contributed by atoms with Gasteiger partial charge in [0.1, 0.15) is 23.8 Å². The number of nitrogens with two attached hydrogens (primary N) is 1. The van der Waals surface area contributed by atoms with E-state index in [0.29, 0.717) is 0 Å². The standard InChI is InChI=1S/C10H16N5O13P3/c11-10-12-1-4-8(14-10)15(3-13-4)9-7(17)6(16)5(26-9)2-25-30(21,22)28-31(23,24)27-29(18,19)20/h1,3,5-7,9,16-17H,2H2,(H,21,22)(H,23,24)(H2,11,12,14)(H2,18,19,20)/t5-,6+,7?,9-/m1/s1. The zero-order chi connectivity index (χ0) is 23.2. The Bertz CT molecular complexity index is 1100. The maximum atomic E-state index is 11.8. The minimum atomic E-state index is -5.70. The topological polar surface area (TPSA) is 279 Å². The molecule has 8 N–H and O–H groups in total. The zero-order valence-corrected chi connectivity index (χ0v) is 17.6. The number of rotatable bonds is 8. The molecule has 0 bridgehead atoms. The van der Waals surface area contributed by atoms with Crippen molar-refractivity contribution >= 4 is 40.6 Å². The third-order valence-corrected chi connectivity index (χ3v) is 7.57. The second-order valence-electron chi connectivity index (χ2n) is 6.02. The first-order valence-corrected chi connectivity index (χ1v) is 12.4. The van der Waals surface area contributed by atoms with Gasteiger partial charge in [0.25, 0.3) is 0 Å². The Labute approximate surface area is 171 Å². The molecule has 0 amide bonds. The quantitative estimate of drug-likeness (QED) is 0.197. The molecule has 31 heavy (non-hydrogen) atoms. The fraction of sp³-hybridized carbons (Fsp3) is 0.500.